The molecule has 212 valence electrons. The third-order valence-electron chi connectivity index (χ3n) is 6.13. The Kier molecular flexibility index (Phi) is 9.91. The van der Waals surface area contributed by atoms with E-state index in [4.69, 9.17) is 23.2 Å². The summed E-state index contributed by atoms with van der Waals surface area (Å²) in [6.45, 7) is 2.79. The van der Waals surface area contributed by atoms with Gasteiger partial charge in [-0.1, -0.05) is 53.6 Å². The molecule has 2 aromatic rings. The Morgan fingerprint density at radius 3 is 1.74 bits per heavy atom. The molecule has 1 unspecified atom stereocenters. The summed E-state index contributed by atoms with van der Waals surface area (Å²) in [6.07, 6.45) is 5.42. The molecule has 1 atom stereocenters. The molecule has 0 amide bonds. The molecule has 2 aliphatic heterocycles. The molecule has 0 fully saturated rings. The van der Waals surface area contributed by atoms with Gasteiger partial charge in [-0.25, -0.2) is 8.42 Å². The lowest BCUT2D eigenvalue weighted by Gasteiger charge is -2.23. The van der Waals surface area contributed by atoms with Crippen LogP contribution in [0.3, 0.4) is 0 Å². The summed E-state index contributed by atoms with van der Waals surface area (Å²) in [5.74, 6) is -0.807. The standard InChI is InChI=1S/C25H28Cl2N2O6S4/c1-2-17(13-24-28(9-3-11-38(30,31)32)20-15-18(26)5-7-22(20)36-24)14-25-29(10-4-12-39(33,34)35)21-16-19(27)6-8-23(21)37-25/h5-8,13-17H,2-4,9-12H2,1H3,(H,30,31,32)(H,33,34,35)/p-1. The summed E-state index contributed by atoms with van der Waals surface area (Å²) in [7, 11) is -8.40. The number of allylic oxidation sites excluding steroid dienone is 2. The van der Waals surface area contributed by atoms with Gasteiger partial charge in [-0.15, -0.1) is 0 Å². The molecule has 2 heterocycles. The first-order valence-electron chi connectivity index (χ1n) is 12.2. The number of rotatable bonds is 11. The lowest BCUT2D eigenvalue weighted by atomic mass is 10.1. The van der Waals surface area contributed by atoms with Crippen LogP contribution in [0.1, 0.15) is 26.2 Å². The quantitative estimate of drug-likeness (QED) is 0.272. The molecular weight excluding hydrogens is 623 g/mol. The van der Waals surface area contributed by atoms with Gasteiger partial charge in [0.05, 0.1) is 37.3 Å². The molecule has 0 saturated heterocycles. The number of anilines is 2. The van der Waals surface area contributed by atoms with Gasteiger partial charge in [-0.3, -0.25) is 4.55 Å². The van der Waals surface area contributed by atoms with Crippen molar-refractivity contribution in [1.82, 2.24) is 0 Å². The van der Waals surface area contributed by atoms with E-state index in [0.29, 0.717) is 23.1 Å². The van der Waals surface area contributed by atoms with Gasteiger partial charge in [0.2, 0.25) is 0 Å². The van der Waals surface area contributed by atoms with Crippen LogP contribution < -0.4 is 9.80 Å². The van der Waals surface area contributed by atoms with Gasteiger partial charge in [0.25, 0.3) is 10.1 Å². The summed E-state index contributed by atoms with van der Waals surface area (Å²) in [6, 6.07) is 11.1. The normalized spacial score (nSPS) is 18.2. The topological polar surface area (TPSA) is 118 Å². The van der Waals surface area contributed by atoms with E-state index in [2.05, 4.69) is 19.1 Å². The zero-order valence-electron chi connectivity index (χ0n) is 20.9. The fourth-order valence-electron chi connectivity index (χ4n) is 4.31. The van der Waals surface area contributed by atoms with E-state index in [1.807, 2.05) is 40.1 Å². The second kappa shape index (κ2) is 12.6. The molecule has 0 bridgehead atoms. The third-order valence-corrected chi connectivity index (χ3v) is 10.5. The van der Waals surface area contributed by atoms with Gasteiger partial charge in [0, 0.05) is 44.6 Å². The SMILES string of the molecule is CCC(C=C1Sc2ccc(Cl)cc2N1CCCS(=O)(=O)[O-])C=C1Sc2ccc(Cl)cc2N1CCCS(=O)(=O)O. The summed E-state index contributed by atoms with van der Waals surface area (Å²) in [4.78, 5) is 6.00. The summed E-state index contributed by atoms with van der Waals surface area (Å²) in [5, 5.41) is 2.98. The smallest absolute Gasteiger partial charge is 0.264 e. The van der Waals surface area contributed by atoms with Gasteiger partial charge >= 0.3 is 0 Å². The van der Waals surface area contributed by atoms with Crippen molar-refractivity contribution < 1.29 is 25.9 Å². The van der Waals surface area contributed by atoms with Crippen molar-refractivity contribution in [2.75, 3.05) is 34.4 Å². The van der Waals surface area contributed by atoms with Crippen molar-refractivity contribution in [3.8, 4) is 0 Å². The minimum absolute atomic E-state index is 0.0145. The lowest BCUT2D eigenvalue weighted by Crippen LogP contribution is -2.23. The van der Waals surface area contributed by atoms with Crippen LogP contribution in [0.15, 0.2) is 68.4 Å². The first-order valence-corrected chi connectivity index (χ1v) is 17.7. The van der Waals surface area contributed by atoms with Crippen molar-refractivity contribution in [3.63, 3.8) is 0 Å². The minimum Gasteiger partial charge on any atom is -0.748 e. The third kappa shape index (κ3) is 8.32. The highest BCUT2D eigenvalue weighted by Gasteiger charge is 2.28. The average molecular weight is 651 g/mol. The van der Waals surface area contributed by atoms with Crippen LogP contribution in [0, 0.1) is 5.92 Å². The van der Waals surface area contributed by atoms with Gasteiger partial charge < -0.3 is 14.4 Å². The Morgan fingerprint density at radius 2 is 1.33 bits per heavy atom. The number of fused-ring (bicyclic) bond motifs is 2. The van der Waals surface area contributed by atoms with E-state index in [1.54, 1.807) is 29.6 Å². The van der Waals surface area contributed by atoms with E-state index in [1.165, 1.54) is 0 Å². The van der Waals surface area contributed by atoms with Crippen LogP contribution in [0.5, 0.6) is 0 Å². The number of thioether (sulfide) groups is 2. The second-order valence-corrected chi connectivity index (χ2v) is 15.2. The Bertz CT molecular complexity index is 1400. The molecule has 1 N–H and O–H groups in total. The van der Waals surface area contributed by atoms with Gasteiger partial charge in [-0.05, 0) is 67.8 Å². The van der Waals surface area contributed by atoms with Crippen LogP contribution in [0.25, 0.3) is 0 Å². The van der Waals surface area contributed by atoms with E-state index in [0.717, 1.165) is 37.6 Å². The second-order valence-electron chi connectivity index (χ2n) is 9.07. The van der Waals surface area contributed by atoms with Gasteiger partial charge in [0.15, 0.2) is 0 Å². The lowest BCUT2D eigenvalue weighted by molar-refractivity contribution is 0.461. The molecule has 0 aliphatic carbocycles. The van der Waals surface area contributed by atoms with Crippen LogP contribution in [-0.2, 0) is 20.2 Å². The fraction of sp³-hybridized carbons (Fsp3) is 0.360. The van der Waals surface area contributed by atoms with Crippen molar-refractivity contribution >= 4 is 78.3 Å². The highest BCUT2D eigenvalue weighted by Crippen LogP contribution is 2.49. The van der Waals surface area contributed by atoms with Crippen molar-refractivity contribution in [1.29, 1.82) is 0 Å². The van der Waals surface area contributed by atoms with Crippen molar-refractivity contribution in [3.05, 3.63) is 68.7 Å². The summed E-state index contributed by atoms with van der Waals surface area (Å²) < 4.78 is 65.4. The number of hydrogen-bond donors (Lipinski definition) is 1. The molecule has 2 aromatic carbocycles. The molecule has 2 aliphatic rings. The molecule has 0 saturated carbocycles. The van der Waals surface area contributed by atoms with Crippen LogP contribution in [0.2, 0.25) is 10.0 Å². The van der Waals surface area contributed by atoms with Gasteiger partial charge in [-0.2, -0.15) is 8.42 Å². The Hall–Kier alpha value is -1.38. The van der Waals surface area contributed by atoms with Crippen LogP contribution >= 0.6 is 46.7 Å². The predicted molar refractivity (Wildman–Crippen MR) is 159 cm³/mol. The molecule has 39 heavy (non-hydrogen) atoms. The maximum Gasteiger partial charge on any atom is 0.264 e. The molecule has 0 radical (unpaired) electrons. The van der Waals surface area contributed by atoms with Gasteiger partial charge in [0.1, 0.15) is 0 Å². The first kappa shape index (κ1) is 30.6. The Labute approximate surface area is 247 Å². The number of benzene rings is 2. The predicted octanol–water partition coefficient (Wildman–Crippen LogP) is 6.44. The summed E-state index contributed by atoms with van der Waals surface area (Å²) >= 11 is 15.6. The zero-order chi connectivity index (χ0) is 28.4. The number of hydrogen-bond acceptors (Lipinski definition) is 9. The van der Waals surface area contributed by atoms with Crippen LogP contribution in [-0.4, -0.2) is 50.5 Å². The largest absolute Gasteiger partial charge is 0.748 e. The van der Waals surface area contributed by atoms with E-state index in [9.17, 15) is 25.9 Å². The number of nitrogens with zero attached hydrogens (tertiary/aromatic N) is 2. The summed E-state index contributed by atoms with van der Waals surface area (Å²) in [5.41, 5.74) is 1.75. The van der Waals surface area contributed by atoms with E-state index < -0.39 is 26.0 Å². The maximum atomic E-state index is 11.3. The van der Waals surface area contributed by atoms with Crippen molar-refractivity contribution in [2.45, 2.75) is 36.0 Å². The van der Waals surface area contributed by atoms with E-state index >= 15 is 0 Å². The molecular formula is C25H27Cl2N2O6S4-. The first-order chi connectivity index (χ1) is 18.3. The van der Waals surface area contributed by atoms with Crippen molar-refractivity contribution in [2.24, 2.45) is 5.92 Å². The molecule has 4 rings (SSSR count). The van der Waals surface area contributed by atoms with Crippen LogP contribution in [0.4, 0.5) is 11.4 Å². The zero-order valence-corrected chi connectivity index (χ0v) is 25.7. The average Bonchev–Trinajstić information content (AvgIpc) is 3.34. The molecule has 0 spiro atoms. The molecule has 0 aromatic heterocycles. The minimum atomic E-state index is -4.32. The molecule has 8 nitrogen and oxygen atoms in total. The van der Waals surface area contributed by atoms with E-state index in [-0.39, 0.29) is 24.5 Å². The highest BCUT2D eigenvalue weighted by molar-refractivity contribution is 8.04. The highest BCUT2D eigenvalue weighted by atomic mass is 35.5. The fourth-order valence-corrected chi connectivity index (χ4v) is 7.98. The Balaban J connectivity index is 1.62. The number of halogens is 2. The maximum absolute atomic E-state index is 11.3. The monoisotopic (exact) mass is 649 g/mol. The Morgan fingerprint density at radius 1 is 0.872 bits per heavy atom. The molecule has 14 heteroatoms.